The molecule has 5 heteroatoms. The van der Waals surface area contributed by atoms with E-state index in [4.69, 9.17) is 0 Å². The molecule has 0 atom stereocenters. The predicted molar refractivity (Wildman–Crippen MR) is 72.9 cm³/mol. The highest BCUT2D eigenvalue weighted by Crippen LogP contribution is 2.40. The smallest absolute Gasteiger partial charge is 0.143 e. The number of rotatable bonds is 4. The van der Waals surface area contributed by atoms with Gasteiger partial charge in [0, 0.05) is 17.5 Å². The maximum absolute atomic E-state index is 4.23. The summed E-state index contributed by atoms with van der Waals surface area (Å²) in [6, 6.07) is 0. The Hall–Kier alpha value is -0.290. The molecule has 0 spiro atoms. The molecule has 1 aromatic rings. The standard InChI is InChI=1S/C11H16BrN3S/c1-16-11(4-2-3-5-11)7-14-10-9(12)6-13-8-15-10/h6,8H,2-5,7H2,1H3,(H,13,14,15). The van der Waals surface area contributed by atoms with E-state index >= 15 is 0 Å². The fourth-order valence-electron chi connectivity index (χ4n) is 2.16. The van der Waals surface area contributed by atoms with Gasteiger partial charge in [0.05, 0.1) is 4.47 Å². The third-order valence-electron chi connectivity index (χ3n) is 3.19. The van der Waals surface area contributed by atoms with Gasteiger partial charge in [0.1, 0.15) is 12.1 Å². The summed E-state index contributed by atoms with van der Waals surface area (Å²) < 4.78 is 1.34. The van der Waals surface area contributed by atoms with E-state index in [0.29, 0.717) is 4.75 Å². The van der Waals surface area contributed by atoms with E-state index in [2.05, 4.69) is 37.5 Å². The third-order valence-corrected chi connectivity index (χ3v) is 5.19. The summed E-state index contributed by atoms with van der Waals surface area (Å²) in [6.45, 7) is 0.990. The van der Waals surface area contributed by atoms with E-state index in [1.807, 2.05) is 11.8 Å². The van der Waals surface area contributed by atoms with Crippen LogP contribution in [0.2, 0.25) is 0 Å². The first kappa shape index (κ1) is 12.2. The minimum atomic E-state index is 0.407. The number of halogens is 1. The van der Waals surface area contributed by atoms with Gasteiger partial charge in [-0.2, -0.15) is 11.8 Å². The van der Waals surface area contributed by atoms with E-state index < -0.39 is 0 Å². The second-order valence-electron chi connectivity index (χ2n) is 4.17. The summed E-state index contributed by atoms with van der Waals surface area (Å²) in [5.41, 5.74) is 0. The molecule has 1 heterocycles. The normalized spacial score (nSPS) is 18.6. The Kier molecular flexibility index (Phi) is 4.08. The van der Waals surface area contributed by atoms with Crippen molar-refractivity contribution >= 4 is 33.5 Å². The summed E-state index contributed by atoms with van der Waals surface area (Å²) >= 11 is 5.43. The molecule has 1 fully saturated rings. The van der Waals surface area contributed by atoms with Gasteiger partial charge >= 0.3 is 0 Å². The molecule has 0 amide bonds. The highest BCUT2D eigenvalue weighted by Gasteiger charge is 2.32. The predicted octanol–water partition coefficient (Wildman–Crippen LogP) is 3.33. The number of hydrogen-bond acceptors (Lipinski definition) is 4. The van der Waals surface area contributed by atoms with E-state index in [9.17, 15) is 0 Å². The topological polar surface area (TPSA) is 37.8 Å². The van der Waals surface area contributed by atoms with Gasteiger partial charge < -0.3 is 5.32 Å². The molecular weight excluding hydrogens is 286 g/mol. The van der Waals surface area contributed by atoms with Crippen molar-refractivity contribution in [2.75, 3.05) is 18.1 Å². The molecule has 0 saturated heterocycles. The van der Waals surface area contributed by atoms with E-state index in [1.54, 1.807) is 12.5 Å². The Balaban J connectivity index is 1.98. The van der Waals surface area contributed by atoms with Crippen molar-refractivity contribution in [2.24, 2.45) is 0 Å². The van der Waals surface area contributed by atoms with E-state index in [-0.39, 0.29) is 0 Å². The Labute approximate surface area is 109 Å². The summed E-state index contributed by atoms with van der Waals surface area (Å²) in [5, 5.41) is 3.43. The number of thioether (sulfide) groups is 1. The van der Waals surface area contributed by atoms with Gasteiger partial charge in [0.2, 0.25) is 0 Å². The first-order chi connectivity index (χ1) is 7.76. The minimum Gasteiger partial charge on any atom is -0.368 e. The lowest BCUT2D eigenvalue weighted by Gasteiger charge is -2.27. The second kappa shape index (κ2) is 5.36. The van der Waals surface area contributed by atoms with Gasteiger partial charge in [-0.15, -0.1) is 0 Å². The van der Waals surface area contributed by atoms with Crippen LogP contribution in [0.3, 0.4) is 0 Å². The number of anilines is 1. The Bertz CT molecular complexity index is 353. The maximum Gasteiger partial charge on any atom is 0.143 e. The van der Waals surface area contributed by atoms with Crippen molar-refractivity contribution in [1.29, 1.82) is 0 Å². The largest absolute Gasteiger partial charge is 0.368 e. The molecule has 1 aliphatic carbocycles. The van der Waals surface area contributed by atoms with E-state index in [1.165, 1.54) is 25.7 Å². The molecule has 2 rings (SSSR count). The minimum absolute atomic E-state index is 0.407. The van der Waals surface area contributed by atoms with Crippen LogP contribution < -0.4 is 5.32 Å². The van der Waals surface area contributed by atoms with Gasteiger partial charge in [0.25, 0.3) is 0 Å². The van der Waals surface area contributed by atoms with Gasteiger partial charge in [-0.1, -0.05) is 12.8 Å². The fourth-order valence-corrected chi connectivity index (χ4v) is 3.43. The SMILES string of the molecule is CSC1(CNc2ncncc2Br)CCCC1. The van der Waals surface area contributed by atoms with Crippen LogP contribution in [-0.4, -0.2) is 27.5 Å². The Morgan fingerprint density at radius 3 is 2.88 bits per heavy atom. The average Bonchev–Trinajstić information content (AvgIpc) is 2.78. The molecule has 0 bridgehead atoms. The van der Waals surface area contributed by atoms with Crippen LogP contribution in [0.15, 0.2) is 17.0 Å². The quantitative estimate of drug-likeness (QED) is 0.926. The van der Waals surface area contributed by atoms with Crippen molar-refractivity contribution in [3.8, 4) is 0 Å². The lowest BCUT2D eigenvalue weighted by atomic mass is 10.1. The molecule has 0 radical (unpaired) electrons. The van der Waals surface area contributed by atoms with Gasteiger partial charge in [-0.25, -0.2) is 9.97 Å². The van der Waals surface area contributed by atoms with Crippen LogP contribution in [0, 0.1) is 0 Å². The summed E-state index contributed by atoms with van der Waals surface area (Å²) in [6.07, 6.45) is 10.9. The van der Waals surface area contributed by atoms with Gasteiger partial charge in [0.15, 0.2) is 0 Å². The van der Waals surface area contributed by atoms with Crippen LogP contribution in [0.4, 0.5) is 5.82 Å². The molecule has 3 nitrogen and oxygen atoms in total. The molecule has 88 valence electrons. The van der Waals surface area contributed by atoms with Crippen LogP contribution in [0.25, 0.3) is 0 Å². The second-order valence-corrected chi connectivity index (χ2v) is 6.30. The van der Waals surface area contributed by atoms with E-state index in [0.717, 1.165) is 16.8 Å². The van der Waals surface area contributed by atoms with Crippen molar-refractivity contribution in [2.45, 2.75) is 30.4 Å². The summed E-state index contributed by atoms with van der Waals surface area (Å²) in [7, 11) is 0. The summed E-state index contributed by atoms with van der Waals surface area (Å²) in [5.74, 6) is 0.898. The number of nitrogens with zero attached hydrogens (tertiary/aromatic N) is 2. The zero-order valence-corrected chi connectivity index (χ0v) is 11.8. The van der Waals surface area contributed by atoms with Crippen molar-refractivity contribution in [1.82, 2.24) is 9.97 Å². The van der Waals surface area contributed by atoms with Crippen molar-refractivity contribution in [3.63, 3.8) is 0 Å². The number of nitrogens with one attached hydrogen (secondary N) is 1. The molecule has 1 saturated carbocycles. The van der Waals surface area contributed by atoms with Crippen molar-refractivity contribution in [3.05, 3.63) is 17.0 Å². The molecule has 16 heavy (non-hydrogen) atoms. The summed E-state index contributed by atoms with van der Waals surface area (Å²) in [4.78, 5) is 8.19. The zero-order chi connectivity index (χ0) is 11.4. The molecule has 1 aromatic heterocycles. The molecule has 0 unspecified atom stereocenters. The van der Waals surface area contributed by atoms with Crippen LogP contribution in [0.1, 0.15) is 25.7 Å². The van der Waals surface area contributed by atoms with Gasteiger partial charge in [-0.05, 0) is 35.0 Å². The first-order valence-electron chi connectivity index (χ1n) is 5.50. The van der Waals surface area contributed by atoms with Gasteiger partial charge in [-0.3, -0.25) is 0 Å². The zero-order valence-electron chi connectivity index (χ0n) is 9.37. The molecule has 1 aliphatic rings. The van der Waals surface area contributed by atoms with Crippen LogP contribution >= 0.6 is 27.7 Å². The molecule has 0 aromatic carbocycles. The molecule has 1 N–H and O–H groups in total. The number of aromatic nitrogens is 2. The molecular formula is C11H16BrN3S. The molecule has 0 aliphatic heterocycles. The Morgan fingerprint density at radius 1 is 1.50 bits per heavy atom. The fraction of sp³-hybridized carbons (Fsp3) is 0.636. The van der Waals surface area contributed by atoms with Crippen molar-refractivity contribution < 1.29 is 0 Å². The monoisotopic (exact) mass is 301 g/mol. The van der Waals surface area contributed by atoms with Crippen LogP contribution in [0.5, 0.6) is 0 Å². The highest BCUT2D eigenvalue weighted by atomic mass is 79.9. The first-order valence-corrected chi connectivity index (χ1v) is 7.52. The van der Waals surface area contributed by atoms with Crippen LogP contribution in [-0.2, 0) is 0 Å². The third kappa shape index (κ3) is 2.69. The lowest BCUT2D eigenvalue weighted by Crippen LogP contribution is -2.30. The number of hydrogen-bond donors (Lipinski definition) is 1. The average molecular weight is 302 g/mol. The Morgan fingerprint density at radius 2 is 2.25 bits per heavy atom. The highest BCUT2D eigenvalue weighted by molar-refractivity contribution is 9.10. The lowest BCUT2D eigenvalue weighted by molar-refractivity contribution is 0.638. The maximum atomic E-state index is 4.23.